The van der Waals surface area contributed by atoms with Crippen LogP contribution in [-0.2, 0) is 4.74 Å². The third kappa shape index (κ3) is 4.53. The highest BCUT2D eigenvalue weighted by atomic mass is 79.9. The third-order valence-electron chi connectivity index (χ3n) is 2.83. The van der Waals surface area contributed by atoms with Gasteiger partial charge in [-0.3, -0.25) is 4.79 Å². The van der Waals surface area contributed by atoms with E-state index in [-0.39, 0.29) is 12.6 Å². The number of methoxy groups -OCH3 is 1. The van der Waals surface area contributed by atoms with Gasteiger partial charge in [0.05, 0.1) is 8.95 Å². The van der Waals surface area contributed by atoms with Crippen molar-refractivity contribution in [1.29, 1.82) is 0 Å². The molecule has 114 valence electrons. The van der Waals surface area contributed by atoms with Crippen molar-refractivity contribution in [3.05, 3.63) is 68.6 Å². The molecule has 0 fully saturated rings. The average molecular weight is 426 g/mol. The van der Waals surface area contributed by atoms with Crippen molar-refractivity contribution in [2.24, 2.45) is 0 Å². The molecule has 0 aromatic heterocycles. The van der Waals surface area contributed by atoms with Crippen LogP contribution in [0.25, 0.3) is 6.08 Å². The number of hydrogen-bond acceptors (Lipinski definition) is 3. The summed E-state index contributed by atoms with van der Waals surface area (Å²) in [7, 11) is 1.56. The Labute approximate surface area is 146 Å². The maximum absolute atomic E-state index is 12.0. The molecule has 0 amide bonds. The number of hydrogen-bond donors (Lipinski definition) is 0. The van der Waals surface area contributed by atoms with Gasteiger partial charge in [0.2, 0.25) is 0 Å². The molecule has 2 rings (SSSR count). The van der Waals surface area contributed by atoms with E-state index in [1.54, 1.807) is 31.4 Å². The van der Waals surface area contributed by atoms with Gasteiger partial charge in [-0.25, -0.2) is 0 Å². The number of carbonyl (C=O) groups excluding carboxylic acids is 1. The zero-order valence-corrected chi connectivity index (χ0v) is 15.1. The first-order valence-electron chi connectivity index (χ1n) is 6.50. The maximum Gasteiger partial charge on any atom is 0.188 e. The molecule has 2 aromatic rings. The minimum Gasteiger partial charge on any atom is -0.465 e. The van der Waals surface area contributed by atoms with Crippen LogP contribution in [0.15, 0.2) is 57.5 Å². The third-order valence-corrected chi connectivity index (χ3v) is 4.01. The second-order valence-corrected chi connectivity index (χ2v) is 6.14. The van der Waals surface area contributed by atoms with E-state index in [1.807, 2.05) is 30.3 Å². The lowest BCUT2D eigenvalue weighted by atomic mass is 10.1. The van der Waals surface area contributed by atoms with Crippen LogP contribution >= 0.6 is 31.9 Å². The van der Waals surface area contributed by atoms with Gasteiger partial charge in [-0.1, -0.05) is 36.4 Å². The molecule has 0 spiro atoms. The highest BCUT2D eigenvalue weighted by Crippen LogP contribution is 2.35. The van der Waals surface area contributed by atoms with Crippen LogP contribution in [-0.4, -0.2) is 19.7 Å². The summed E-state index contributed by atoms with van der Waals surface area (Å²) in [6.45, 7) is 0.166. The molecule has 0 saturated heterocycles. The minimum absolute atomic E-state index is 0.0347. The molecule has 0 unspecified atom stereocenters. The van der Waals surface area contributed by atoms with Gasteiger partial charge in [-0.15, -0.1) is 0 Å². The number of carbonyl (C=O) groups is 1. The van der Waals surface area contributed by atoms with Crippen molar-refractivity contribution in [2.45, 2.75) is 0 Å². The molecule has 0 aliphatic carbocycles. The number of ether oxygens (including phenoxy) is 2. The summed E-state index contributed by atoms with van der Waals surface area (Å²) >= 11 is 6.90. The molecule has 0 N–H and O–H groups in total. The van der Waals surface area contributed by atoms with E-state index in [9.17, 15) is 4.79 Å². The lowest BCUT2D eigenvalue weighted by Gasteiger charge is -2.10. The molecule has 0 atom stereocenters. The van der Waals surface area contributed by atoms with E-state index in [0.717, 1.165) is 14.5 Å². The second kappa shape index (κ2) is 8.27. The van der Waals surface area contributed by atoms with E-state index < -0.39 is 0 Å². The summed E-state index contributed by atoms with van der Waals surface area (Å²) in [6, 6.07) is 12.9. The van der Waals surface area contributed by atoms with Crippen molar-refractivity contribution >= 4 is 43.7 Å². The van der Waals surface area contributed by atoms with Gasteiger partial charge in [0.1, 0.15) is 0 Å². The first-order chi connectivity index (χ1) is 10.6. The van der Waals surface area contributed by atoms with Crippen molar-refractivity contribution < 1.29 is 14.3 Å². The SMILES string of the molecule is COCOc1c(Br)cc(/C=C/C(=O)c2ccccc2)cc1Br. The van der Waals surface area contributed by atoms with Crippen molar-refractivity contribution in [3.8, 4) is 5.75 Å². The summed E-state index contributed by atoms with van der Waals surface area (Å²) in [4.78, 5) is 12.0. The molecule has 0 saturated carbocycles. The van der Waals surface area contributed by atoms with Crippen molar-refractivity contribution in [3.63, 3.8) is 0 Å². The van der Waals surface area contributed by atoms with Gasteiger partial charge >= 0.3 is 0 Å². The number of ketones is 1. The Morgan fingerprint density at radius 2 is 1.77 bits per heavy atom. The van der Waals surface area contributed by atoms with E-state index in [1.165, 1.54) is 0 Å². The molecule has 5 heteroatoms. The summed E-state index contributed by atoms with van der Waals surface area (Å²) in [6.07, 6.45) is 3.32. The first-order valence-corrected chi connectivity index (χ1v) is 8.08. The summed E-state index contributed by atoms with van der Waals surface area (Å²) in [5, 5.41) is 0. The number of rotatable bonds is 6. The van der Waals surface area contributed by atoms with E-state index in [0.29, 0.717) is 11.3 Å². The fourth-order valence-electron chi connectivity index (χ4n) is 1.80. The fourth-order valence-corrected chi connectivity index (χ4v) is 3.25. The number of benzene rings is 2. The average Bonchev–Trinajstić information content (AvgIpc) is 2.52. The van der Waals surface area contributed by atoms with Crippen LogP contribution in [0, 0.1) is 0 Å². The van der Waals surface area contributed by atoms with Crippen molar-refractivity contribution in [2.75, 3.05) is 13.9 Å². The molecule has 22 heavy (non-hydrogen) atoms. The normalized spacial score (nSPS) is 10.9. The molecular formula is C17H14Br2O3. The molecule has 0 radical (unpaired) electrons. The van der Waals surface area contributed by atoms with Crippen LogP contribution in [0.5, 0.6) is 5.75 Å². The number of halogens is 2. The Morgan fingerprint density at radius 1 is 1.14 bits per heavy atom. The monoisotopic (exact) mass is 424 g/mol. The van der Waals surface area contributed by atoms with E-state index >= 15 is 0 Å². The standard InChI is InChI=1S/C17H14Br2O3/c1-21-11-22-17-14(18)9-12(10-15(17)19)7-8-16(20)13-5-3-2-4-6-13/h2-10H,11H2,1H3/b8-7+. The minimum atomic E-state index is -0.0347. The topological polar surface area (TPSA) is 35.5 Å². The Morgan fingerprint density at radius 3 is 2.36 bits per heavy atom. The highest BCUT2D eigenvalue weighted by Gasteiger charge is 2.08. The van der Waals surface area contributed by atoms with Gasteiger partial charge in [0, 0.05) is 12.7 Å². The Kier molecular flexibility index (Phi) is 6.36. The lowest BCUT2D eigenvalue weighted by Crippen LogP contribution is -2.00. The molecular weight excluding hydrogens is 412 g/mol. The second-order valence-electron chi connectivity index (χ2n) is 4.43. The summed E-state index contributed by atoms with van der Waals surface area (Å²) in [5.41, 5.74) is 1.55. The van der Waals surface area contributed by atoms with E-state index in [4.69, 9.17) is 9.47 Å². The smallest absolute Gasteiger partial charge is 0.188 e. The number of allylic oxidation sites excluding steroid dienone is 1. The Balaban J connectivity index is 2.16. The first kappa shape index (κ1) is 16.9. The lowest BCUT2D eigenvalue weighted by molar-refractivity contribution is 0.0500. The zero-order valence-electron chi connectivity index (χ0n) is 11.9. The van der Waals surface area contributed by atoms with Crippen LogP contribution < -0.4 is 4.74 Å². The van der Waals surface area contributed by atoms with Crippen LogP contribution in [0.1, 0.15) is 15.9 Å². The van der Waals surface area contributed by atoms with Gasteiger partial charge in [0.25, 0.3) is 0 Å². The fraction of sp³-hybridized carbons (Fsp3) is 0.118. The summed E-state index contributed by atoms with van der Waals surface area (Å²) in [5.74, 6) is 0.626. The molecule has 3 nitrogen and oxygen atoms in total. The van der Waals surface area contributed by atoms with E-state index in [2.05, 4.69) is 31.9 Å². The summed E-state index contributed by atoms with van der Waals surface area (Å²) < 4.78 is 11.9. The molecule has 0 aliphatic rings. The molecule has 0 heterocycles. The predicted octanol–water partition coefficient (Wildman–Crippen LogP) is 5.09. The van der Waals surface area contributed by atoms with Gasteiger partial charge in [0.15, 0.2) is 18.3 Å². The zero-order chi connectivity index (χ0) is 15.9. The largest absolute Gasteiger partial charge is 0.465 e. The molecule has 0 aliphatic heterocycles. The predicted molar refractivity (Wildman–Crippen MR) is 94.2 cm³/mol. The maximum atomic E-state index is 12.0. The van der Waals surface area contributed by atoms with Crippen LogP contribution in [0.4, 0.5) is 0 Å². The quantitative estimate of drug-likeness (QED) is 0.367. The van der Waals surface area contributed by atoms with Crippen molar-refractivity contribution in [1.82, 2.24) is 0 Å². The highest BCUT2D eigenvalue weighted by molar-refractivity contribution is 9.11. The van der Waals surface area contributed by atoms with Gasteiger partial charge in [-0.2, -0.15) is 0 Å². The van der Waals surface area contributed by atoms with Gasteiger partial charge < -0.3 is 9.47 Å². The van der Waals surface area contributed by atoms with Crippen LogP contribution in [0.3, 0.4) is 0 Å². The molecule has 0 bridgehead atoms. The van der Waals surface area contributed by atoms with Crippen LogP contribution in [0.2, 0.25) is 0 Å². The molecule has 2 aromatic carbocycles. The Hall–Kier alpha value is -1.43. The Bertz CT molecular complexity index is 659. The van der Waals surface area contributed by atoms with Gasteiger partial charge in [-0.05, 0) is 55.6 Å².